The Bertz CT molecular complexity index is 603. The first kappa shape index (κ1) is 15.0. The van der Waals surface area contributed by atoms with Crippen LogP contribution in [0.25, 0.3) is 0 Å². The minimum Gasteiger partial charge on any atom is -0.497 e. The molecular formula is C17H23N3O2. The van der Waals surface area contributed by atoms with Gasteiger partial charge in [0.1, 0.15) is 11.6 Å². The minimum absolute atomic E-state index is 0.192. The van der Waals surface area contributed by atoms with Crippen molar-refractivity contribution in [2.45, 2.75) is 44.6 Å². The summed E-state index contributed by atoms with van der Waals surface area (Å²) in [7, 11) is 1.67. The van der Waals surface area contributed by atoms with Crippen LogP contribution in [-0.4, -0.2) is 33.6 Å². The van der Waals surface area contributed by atoms with Crippen molar-refractivity contribution in [3.63, 3.8) is 0 Å². The van der Waals surface area contributed by atoms with E-state index in [1.54, 1.807) is 7.11 Å². The number of methoxy groups -OCH3 is 1. The summed E-state index contributed by atoms with van der Waals surface area (Å²) in [6, 6.07) is 8.03. The molecule has 0 spiro atoms. The fourth-order valence-corrected chi connectivity index (χ4v) is 2.76. The molecule has 5 heteroatoms. The van der Waals surface area contributed by atoms with Crippen molar-refractivity contribution in [1.29, 1.82) is 0 Å². The average Bonchev–Trinajstić information content (AvgIpc) is 2.86. The van der Waals surface area contributed by atoms with Gasteiger partial charge in [0.25, 0.3) is 0 Å². The Morgan fingerprint density at radius 1 is 1.27 bits per heavy atom. The molecule has 0 radical (unpaired) electrons. The highest BCUT2D eigenvalue weighted by atomic mass is 16.5. The molecule has 0 aliphatic heterocycles. The monoisotopic (exact) mass is 301 g/mol. The molecule has 1 aliphatic rings. The van der Waals surface area contributed by atoms with Crippen LogP contribution in [0.1, 0.15) is 48.8 Å². The number of nitrogens with zero attached hydrogens (tertiary/aromatic N) is 3. The number of ether oxygens (including phenoxy) is 1. The standard InChI is InChI=1S/C17H23N3O2/c1-22-15-8-6-13(7-9-15)12-16-18-17(14-4-2-5-14)20(19-16)10-3-11-21/h6-9,14,21H,2-5,10-12H2,1H3. The predicted octanol–water partition coefficient (Wildman–Crippen LogP) is 2.53. The van der Waals surface area contributed by atoms with E-state index in [2.05, 4.69) is 17.2 Å². The minimum atomic E-state index is 0.192. The van der Waals surface area contributed by atoms with E-state index in [0.29, 0.717) is 5.92 Å². The number of hydrogen-bond donors (Lipinski definition) is 1. The maximum atomic E-state index is 9.05. The van der Waals surface area contributed by atoms with Gasteiger partial charge in [0.05, 0.1) is 7.11 Å². The van der Waals surface area contributed by atoms with E-state index in [1.165, 1.54) is 24.8 Å². The molecule has 1 heterocycles. The van der Waals surface area contributed by atoms with Gasteiger partial charge >= 0.3 is 0 Å². The lowest BCUT2D eigenvalue weighted by Crippen LogP contribution is -2.16. The van der Waals surface area contributed by atoms with E-state index in [9.17, 15) is 0 Å². The van der Waals surface area contributed by atoms with Crippen LogP contribution < -0.4 is 4.74 Å². The number of aromatic nitrogens is 3. The number of aliphatic hydroxyl groups is 1. The Hall–Kier alpha value is -1.88. The molecule has 1 aromatic carbocycles. The third kappa shape index (κ3) is 3.30. The second-order valence-corrected chi connectivity index (χ2v) is 5.84. The zero-order chi connectivity index (χ0) is 15.4. The lowest BCUT2D eigenvalue weighted by atomic mass is 9.85. The van der Waals surface area contributed by atoms with Crippen LogP contribution in [-0.2, 0) is 13.0 Å². The van der Waals surface area contributed by atoms with Gasteiger partial charge in [-0.15, -0.1) is 0 Å². The smallest absolute Gasteiger partial charge is 0.155 e. The van der Waals surface area contributed by atoms with Gasteiger partial charge in [0, 0.05) is 25.5 Å². The molecule has 0 unspecified atom stereocenters. The lowest BCUT2D eigenvalue weighted by Gasteiger charge is -2.24. The van der Waals surface area contributed by atoms with Crippen molar-refractivity contribution in [3.05, 3.63) is 41.5 Å². The first-order valence-corrected chi connectivity index (χ1v) is 7.97. The summed E-state index contributed by atoms with van der Waals surface area (Å²) in [5, 5.41) is 13.7. The molecule has 0 bridgehead atoms. The van der Waals surface area contributed by atoms with E-state index >= 15 is 0 Å². The average molecular weight is 301 g/mol. The molecule has 1 saturated carbocycles. The summed E-state index contributed by atoms with van der Waals surface area (Å²) in [6.07, 6.45) is 5.16. The lowest BCUT2D eigenvalue weighted by molar-refractivity contribution is 0.272. The maximum absolute atomic E-state index is 9.05. The van der Waals surface area contributed by atoms with Crippen LogP contribution in [0.4, 0.5) is 0 Å². The van der Waals surface area contributed by atoms with Crippen molar-refractivity contribution in [1.82, 2.24) is 14.8 Å². The molecule has 3 rings (SSSR count). The normalized spacial score (nSPS) is 14.8. The van der Waals surface area contributed by atoms with Gasteiger partial charge in [0.15, 0.2) is 5.82 Å². The Morgan fingerprint density at radius 3 is 2.64 bits per heavy atom. The molecule has 1 N–H and O–H groups in total. The number of aliphatic hydroxyl groups excluding tert-OH is 1. The summed E-state index contributed by atoms with van der Waals surface area (Å²) in [5.74, 6) is 3.38. The zero-order valence-electron chi connectivity index (χ0n) is 13.0. The van der Waals surface area contributed by atoms with E-state index in [4.69, 9.17) is 14.8 Å². The molecule has 0 amide bonds. The number of hydrogen-bond acceptors (Lipinski definition) is 4. The summed E-state index contributed by atoms with van der Waals surface area (Å²) in [4.78, 5) is 4.76. The third-order valence-electron chi connectivity index (χ3n) is 4.26. The van der Waals surface area contributed by atoms with Crippen molar-refractivity contribution in [2.24, 2.45) is 0 Å². The second kappa shape index (κ2) is 6.92. The van der Waals surface area contributed by atoms with Crippen LogP contribution in [0.3, 0.4) is 0 Å². The Balaban J connectivity index is 1.75. The quantitative estimate of drug-likeness (QED) is 0.853. The van der Waals surface area contributed by atoms with E-state index in [-0.39, 0.29) is 6.61 Å². The molecule has 1 fully saturated rings. The Morgan fingerprint density at radius 2 is 2.05 bits per heavy atom. The molecule has 118 valence electrons. The van der Waals surface area contributed by atoms with Crippen LogP contribution in [0, 0.1) is 0 Å². The summed E-state index contributed by atoms with van der Waals surface area (Å²) >= 11 is 0. The molecule has 0 saturated heterocycles. The van der Waals surface area contributed by atoms with Crippen molar-refractivity contribution >= 4 is 0 Å². The molecule has 0 atom stereocenters. The zero-order valence-corrected chi connectivity index (χ0v) is 13.0. The van der Waals surface area contributed by atoms with Gasteiger partial charge in [-0.3, -0.25) is 0 Å². The number of benzene rings is 1. The maximum Gasteiger partial charge on any atom is 0.155 e. The molecular weight excluding hydrogens is 278 g/mol. The highest BCUT2D eigenvalue weighted by Crippen LogP contribution is 2.35. The van der Waals surface area contributed by atoms with Gasteiger partial charge < -0.3 is 9.84 Å². The molecule has 2 aromatic rings. The summed E-state index contributed by atoms with van der Waals surface area (Å²) < 4.78 is 7.18. The fraction of sp³-hybridized carbons (Fsp3) is 0.529. The van der Waals surface area contributed by atoms with Gasteiger partial charge in [0.2, 0.25) is 0 Å². The van der Waals surface area contributed by atoms with E-state index < -0.39 is 0 Å². The van der Waals surface area contributed by atoms with Gasteiger partial charge in [-0.1, -0.05) is 18.6 Å². The molecule has 5 nitrogen and oxygen atoms in total. The van der Waals surface area contributed by atoms with Crippen LogP contribution in [0.5, 0.6) is 5.75 Å². The van der Waals surface area contributed by atoms with E-state index in [0.717, 1.165) is 36.8 Å². The Kier molecular flexibility index (Phi) is 4.73. The van der Waals surface area contributed by atoms with Crippen LogP contribution in [0.15, 0.2) is 24.3 Å². The SMILES string of the molecule is COc1ccc(Cc2nc(C3CCC3)n(CCCO)n2)cc1. The van der Waals surface area contributed by atoms with Crippen LogP contribution >= 0.6 is 0 Å². The molecule has 22 heavy (non-hydrogen) atoms. The topological polar surface area (TPSA) is 60.2 Å². The van der Waals surface area contributed by atoms with E-state index in [1.807, 2.05) is 16.8 Å². The van der Waals surface area contributed by atoms with Crippen LogP contribution in [0.2, 0.25) is 0 Å². The molecule has 1 aliphatic carbocycles. The first-order valence-electron chi connectivity index (χ1n) is 7.97. The summed E-state index contributed by atoms with van der Waals surface area (Å²) in [6.45, 7) is 0.940. The fourth-order valence-electron chi connectivity index (χ4n) is 2.76. The highest BCUT2D eigenvalue weighted by molar-refractivity contribution is 5.28. The predicted molar refractivity (Wildman–Crippen MR) is 84.1 cm³/mol. The second-order valence-electron chi connectivity index (χ2n) is 5.84. The number of aryl methyl sites for hydroxylation is 1. The molecule has 1 aromatic heterocycles. The number of rotatable bonds is 7. The first-order chi connectivity index (χ1) is 10.8. The van der Waals surface area contributed by atoms with Crippen molar-refractivity contribution in [3.8, 4) is 5.75 Å². The van der Waals surface area contributed by atoms with Gasteiger partial charge in [-0.05, 0) is 37.0 Å². The highest BCUT2D eigenvalue weighted by Gasteiger charge is 2.25. The largest absolute Gasteiger partial charge is 0.497 e. The van der Waals surface area contributed by atoms with Crippen molar-refractivity contribution < 1.29 is 9.84 Å². The van der Waals surface area contributed by atoms with Gasteiger partial charge in [-0.2, -0.15) is 5.10 Å². The van der Waals surface area contributed by atoms with Crippen molar-refractivity contribution in [2.75, 3.05) is 13.7 Å². The van der Waals surface area contributed by atoms with Gasteiger partial charge in [-0.25, -0.2) is 9.67 Å². The summed E-state index contributed by atoms with van der Waals surface area (Å²) in [5.41, 5.74) is 1.18. The third-order valence-corrected chi connectivity index (χ3v) is 4.26. The Labute approximate surface area is 131 Å².